The van der Waals surface area contributed by atoms with Gasteiger partial charge in [0.2, 0.25) is 0 Å². The molecule has 3 aromatic rings. The van der Waals surface area contributed by atoms with Crippen LogP contribution in [0.3, 0.4) is 0 Å². The van der Waals surface area contributed by atoms with E-state index in [1.165, 1.54) is 12.8 Å². The minimum atomic E-state index is -0.320. The summed E-state index contributed by atoms with van der Waals surface area (Å²) in [4.78, 5) is 11.9. The predicted molar refractivity (Wildman–Crippen MR) is 75.5 cm³/mol. The number of para-hydroxylation sites is 1. The van der Waals surface area contributed by atoms with E-state index in [-0.39, 0.29) is 5.63 Å². The second-order valence-electron chi connectivity index (χ2n) is 4.80. The van der Waals surface area contributed by atoms with Crippen LogP contribution in [0, 0.1) is 0 Å². The molecule has 0 aliphatic carbocycles. The molecule has 0 N–H and O–H groups in total. The number of furan rings is 1. The van der Waals surface area contributed by atoms with Crippen LogP contribution in [0.4, 0.5) is 0 Å². The van der Waals surface area contributed by atoms with Gasteiger partial charge in [-0.25, -0.2) is 4.79 Å². The number of benzene rings is 1. The molecule has 0 spiro atoms. The fourth-order valence-corrected chi connectivity index (χ4v) is 2.36. The molecule has 98 valence electrons. The summed E-state index contributed by atoms with van der Waals surface area (Å²) < 4.78 is 11.1. The molecule has 0 aliphatic rings. The number of fused-ring (bicyclic) bond motifs is 3. The quantitative estimate of drug-likeness (QED) is 0.517. The lowest BCUT2D eigenvalue weighted by Gasteiger charge is -1.96. The standard InChI is InChI=1S/C16H16O3/c1-2-3-4-7-11-10-13-15(18-11)12-8-5-6-9-14(12)19-16(13)17/h5-6,8-10H,2-4,7H2,1H3. The fourth-order valence-electron chi connectivity index (χ4n) is 2.36. The SMILES string of the molecule is CCCCCc1cc2c(=O)oc3ccccc3c2o1. The molecular formula is C16H16O3. The molecule has 0 saturated carbocycles. The third kappa shape index (κ3) is 2.16. The maximum absolute atomic E-state index is 11.9. The minimum absolute atomic E-state index is 0.320. The molecule has 0 atom stereocenters. The third-order valence-electron chi connectivity index (χ3n) is 3.36. The van der Waals surface area contributed by atoms with Crippen molar-refractivity contribution in [2.24, 2.45) is 0 Å². The van der Waals surface area contributed by atoms with Crippen molar-refractivity contribution in [2.75, 3.05) is 0 Å². The fraction of sp³-hybridized carbons (Fsp3) is 0.312. The molecule has 2 aromatic heterocycles. The van der Waals surface area contributed by atoms with Gasteiger partial charge >= 0.3 is 5.63 Å². The maximum atomic E-state index is 11.9. The van der Waals surface area contributed by atoms with Gasteiger partial charge in [0.05, 0.1) is 5.39 Å². The molecule has 0 bridgehead atoms. The first kappa shape index (κ1) is 12.0. The van der Waals surface area contributed by atoms with Crippen molar-refractivity contribution >= 4 is 21.9 Å². The molecule has 3 heteroatoms. The molecule has 2 heterocycles. The summed E-state index contributed by atoms with van der Waals surface area (Å²) in [5.74, 6) is 0.868. The molecule has 0 fully saturated rings. The highest BCUT2D eigenvalue weighted by molar-refractivity contribution is 6.00. The summed E-state index contributed by atoms with van der Waals surface area (Å²) in [6, 6.07) is 9.29. The van der Waals surface area contributed by atoms with Crippen molar-refractivity contribution in [3.05, 3.63) is 46.5 Å². The van der Waals surface area contributed by atoms with Gasteiger partial charge in [-0.05, 0) is 24.6 Å². The van der Waals surface area contributed by atoms with Crippen LogP contribution in [0.15, 0.2) is 44.0 Å². The second-order valence-corrected chi connectivity index (χ2v) is 4.80. The highest BCUT2D eigenvalue weighted by Gasteiger charge is 2.12. The average molecular weight is 256 g/mol. The van der Waals surface area contributed by atoms with Crippen LogP contribution in [0.25, 0.3) is 21.9 Å². The van der Waals surface area contributed by atoms with E-state index in [1.807, 2.05) is 24.3 Å². The molecule has 0 saturated heterocycles. The molecule has 0 aliphatic heterocycles. The van der Waals surface area contributed by atoms with Crippen LogP contribution in [-0.2, 0) is 6.42 Å². The molecule has 0 unspecified atom stereocenters. The monoisotopic (exact) mass is 256 g/mol. The molecule has 19 heavy (non-hydrogen) atoms. The summed E-state index contributed by atoms with van der Waals surface area (Å²) in [6.07, 6.45) is 4.30. The molecular weight excluding hydrogens is 240 g/mol. The van der Waals surface area contributed by atoms with E-state index in [0.29, 0.717) is 16.6 Å². The summed E-state index contributed by atoms with van der Waals surface area (Å²) in [5, 5.41) is 1.41. The number of hydrogen-bond donors (Lipinski definition) is 0. The van der Waals surface area contributed by atoms with Crippen LogP contribution in [0.5, 0.6) is 0 Å². The molecule has 3 nitrogen and oxygen atoms in total. The summed E-state index contributed by atoms with van der Waals surface area (Å²) >= 11 is 0. The van der Waals surface area contributed by atoms with Crippen LogP contribution < -0.4 is 5.63 Å². The van der Waals surface area contributed by atoms with Crippen LogP contribution >= 0.6 is 0 Å². The van der Waals surface area contributed by atoms with E-state index in [2.05, 4.69) is 6.92 Å². The Morgan fingerprint density at radius 1 is 1.05 bits per heavy atom. The Hall–Kier alpha value is -2.03. The van der Waals surface area contributed by atoms with Crippen LogP contribution in [0.2, 0.25) is 0 Å². The van der Waals surface area contributed by atoms with Gasteiger partial charge in [-0.3, -0.25) is 0 Å². The van der Waals surface area contributed by atoms with E-state index >= 15 is 0 Å². The largest absolute Gasteiger partial charge is 0.460 e. The third-order valence-corrected chi connectivity index (χ3v) is 3.36. The number of hydrogen-bond acceptors (Lipinski definition) is 3. The van der Waals surface area contributed by atoms with Gasteiger partial charge in [0, 0.05) is 6.42 Å². The van der Waals surface area contributed by atoms with Crippen LogP contribution in [0.1, 0.15) is 31.9 Å². The van der Waals surface area contributed by atoms with Gasteiger partial charge < -0.3 is 8.83 Å². The first-order valence-corrected chi connectivity index (χ1v) is 6.74. The summed E-state index contributed by atoms with van der Waals surface area (Å²) in [5.41, 5.74) is 0.909. The van der Waals surface area contributed by atoms with Gasteiger partial charge in [0.1, 0.15) is 16.7 Å². The topological polar surface area (TPSA) is 43.4 Å². The summed E-state index contributed by atoms with van der Waals surface area (Å²) in [7, 11) is 0. The Balaban J connectivity index is 2.13. The molecule has 0 amide bonds. The van der Waals surface area contributed by atoms with E-state index in [4.69, 9.17) is 8.83 Å². The van der Waals surface area contributed by atoms with Gasteiger partial charge in [-0.2, -0.15) is 0 Å². The summed E-state index contributed by atoms with van der Waals surface area (Å²) in [6.45, 7) is 2.17. The average Bonchev–Trinajstić information content (AvgIpc) is 2.84. The van der Waals surface area contributed by atoms with Gasteiger partial charge in [0.15, 0.2) is 5.58 Å². The predicted octanol–water partition coefficient (Wildman–Crippen LogP) is 4.27. The smallest absolute Gasteiger partial charge is 0.347 e. The van der Waals surface area contributed by atoms with Crippen molar-refractivity contribution in [2.45, 2.75) is 32.6 Å². The normalized spacial score (nSPS) is 11.4. The first-order valence-electron chi connectivity index (χ1n) is 6.74. The van der Waals surface area contributed by atoms with Crippen molar-refractivity contribution in [3.63, 3.8) is 0 Å². The maximum Gasteiger partial charge on any atom is 0.347 e. The molecule has 1 aromatic carbocycles. The highest BCUT2D eigenvalue weighted by Crippen LogP contribution is 2.26. The van der Waals surface area contributed by atoms with E-state index < -0.39 is 0 Å². The van der Waals surface area contributed by atoms with Crippen molar-refractivity contribution < 1.29 is 8.83 Å². The number of rotatable bonds is 4. The minimum Gasteiger partial charge on any atom is -0.460 e. The zero-order chi connectivity index (χ0) is 13.2. The van der Waals surface area contributed by atoms with Crippen molar-refractivity contribution in [3.8, 4) is 0 Å². The van der Waals surface area contributed by atoms with Gasteiger partial charge in [-0.1, -0.05) is 31.9 Å². The van der Waals surface area contributed by atoms with Crippen LogP contribution in [-0.4, -0.2) is 0 Å². The first-order chi connectivity index (χ1) is 9.29. The van der Waals surface area contributed by atoms with E-state index in [1.54, 1.807) is 6.07 Å². The highest BCUT2D eigenvalue weighted by atomic mass is 16.4. The number of aryl methyl sites for hydroxylation is 1. The van der Waals surface area contributed by atoms with Gasteiger partial charge in [0.25, 0.3) is 0 Å². The lowest BCUT2D eigenvalue weighted by atomic mass is 10.1. The zero-order valence-corrected chi connectivity index (χ0v) is 10.9. The Morgan fingerprint density at radius 3 is 2.74 bits per heavy atom. The van der Waals surface area contributed by atoms with E-state index in [9.17, 15) is 4.79 Å². The van der Waals surface area contributed by atoms with E-state index in [0.717, 1.165) is 24.0 Å². The molecule has 0 radical (unpaired) electrons. The van der Waals surface area contributed by atoms with Crippen molar-refractivity contribution in [1.29, 1.82) is 0 Å². The lowest BCUT2D eigenvalue weighted by molar-refractivity contribution is 0.529. The second kappa shape index (κ2) is 4.92. The molecule has 3 rings (SSSR count). The zero-order valence-electron chi connectivity index (χ0n) is 10.9. The Bertz CT molecular complexity index is 764. The van der Waals surface area contributed by atoms with Crippen molar-refractivity contribution in [1.82, 2.24) is 0 Å². The Kier molecular flexibility index (Phi) is 3.11. The van der Waals surface area contributed by atoms with Gasteiger partial charge in [-0.15, -0.1) is 0 Å². The lowest BCUT2D eigenvalue weighted by Crippen LogP contribution is -1.97. The Labute approximate surface area is 110 Å². The number of unbranched alkanes of at least 4 members (excludes halogenated alkanes) is 2. The Morgan fingerprint density at radius 2 is 1.89 bits per heavy atom.